The third-order valence-corrected chi connectivity index (χ3v) is 4.00. The fraction of sp³-hybridized carbons (Fsp3) is 0.500. The summed E-state index contributed by atoms with van der Waals surface area (Å²) in [6.45, 7) is 2.35. The lowest BCUT2D eigenvalue weighted by atomic mass is 10.1. The van der Waals surface area contributed by atoms with E-state index in [0.29, 0.717) is 44.9 Å². The molecule has 1 aromatic carbocycles. The van der Waals surface area contributed by atoms with Gasteiger partial charge in [0, 0.05) is 38.5 Å². The second kappa shape index (κ2) is 8.03. The summed E-state index contributed by atoms with van der Waals surface area (Å²) in [6.07, 6.45) is 0.737. The molecule has 6 heteroatoms. The maximum atomic E-state index is 12.3. The number of methoxy groups -OCH3 is 1. The molecule has 2 amide bonds. The van der Waals surface area contributed by atoms with Gasteiger partial charge in [0.25, 0.3) is 0 Å². The van der Waals surface area contributed by atoms with Crippen LogP contribution in [0.4, 0.5) is 0 Å². The van der Waals surface area contributed by atoms with Crippen LogP contribution >= 0.6 is 11.6 Å². The van der Waals surface area contributed by atoms with E-state index in [0.717, 1.165) is 11.3 Å². The summed E-state index contributed by atoms with van der Waals surface area (Å²) >= 11 is 5.59. The smallest absolute Gasteiger partial charge is 0.227 e. The lowest BCUT2D eigenvalue weighted by Gasteiger charge is -2.34. The summed E-state index contributed by atoms with van der Waals surface area (Å²) in [7, 11) is 1.62. The van der Waals surface area contributed by atoms with Gasteiger partial charge in [0.15, 0.2) is 0 Å². The molecule has 0 atom stereocenters. The topological polar surface area (TPSA) is 49.9 Å². The first-order chi connectivity index (χ1) is 10.6. The normalized spacial score (nSPS) is 14.8. The Morgan fingerprint density at radius 1 is 1.05 bits per heavy atom. The van der Waals surface area contributed by atoms with E-state index >= 15 is 0 Å². The van der Waals surface area contributed by atoms with Gasteiger partial charge in [-0.1, -0.05) is 12.1 Å². The zero-order chi connectivity index (χ0) is 15.9. The minimum absolute atomic E-state index is 0.0669. The fourth-order valence-electron chi connectivity index (χ4n) is 2.47. The average Bonchev–Trinajstić information content (AvgIpc) is 2.56. The van der Waals surface area contributed by atoms with Crippen molar-refractivity contribution >= 4 is 23.4 Å². The van der Waals surface area contributed by atoms with Crippen molar-refractivity contribution in [2.24, 2.45) is 0 Å². The first kappa shape index (κ1) is 16.6. The third kappa shape index (κ3) is 4.37. The molecule has 22 heavy (non-hydrogen) atoms. The van der Waals surface area contributed by atoms with Crippen LogP contribution in [0.5, 0.6) is 5.75 Å². The molecule has 1 aliphatic heterocycles. The molecular weight excluding hydrogens is 304 g/mol. The van der Waals surface area contributed by atoms with Crippen LogP contribution < -0.4 is 4.74 Å². The summed E-state index contributed by atoms with van der Waals surface area (Å²) in [5.74, 6) is 1.28. The average molecular weight is 325 g/mol. The van der Waals surface area contributed by atoms with Crippen LogP contribution in [0, 0.1) is 0 Å². The Hall–Kier alpha value is -1.75. The Morgan fingerprint density at radius 2 is 1.59 bits per heavy atom. The molecule has 5 nitrogen and oxygen atoms in total. The maximum absolute atomic E-state index is 12.3. The highest BCUT2D eigenvalue weighted by molar-refractivity contribution is 6.18. The van der Waals surface area contributed by atoms with Crippen LogP contribution in [0.3, 0.4) is 0 Å². The molecule has 2 rings (SSSR count). The standard InChI is InChI=1S/C16H21ClN2O3/c1-22-14-4-2-13(3-5-14)12-16(21)19-10-8-18(9-11-19)15(20)6-7-17/h2-5H,6-12H2,1H3. The molecule has 1 fully saturated rings. The van der Waals surface area contributed by atoms with Crippen molar-refractivity contribution in [2.45, 2.75) is 12.8 Å². The van der Waals surface area contributed by atoms with Crippen molar-refractivity contribution < 1.29 is 14.3 Å². The van der Waals surface area contributed by atoms with Gasteiger partial charge in [-0.2, -0.15) is 0 Å². The molecule has 0 unspecified atom stereocenters. The quantitative estimate of drug-likeness (QED) is 0.772. The fourth-order valence-corrected chi connectivity index (χ4v) is 2.64. The molecule has 120 valence electrons. The summed E-state index contributed by atoms with van der Waals surface area (Å²) < 4.78 is 5.10. The van der Waals surface area contributed by atoms with Crippen molar-refractivity contribution in [3.8, 4) is 5.75 Å². The molecule has 1 saturated heterocycles. The molecule has 0 aliphatic carbocycles. The monoisotopic (exact) mass is 324 g/mol. The zero-order valence-corrected chi connectivity index (χ0v) is 13.5. The molecule has 0 N–H and O–H groups in total. The van der Waals surface area contributed by atoms with E-state index < -0.39 is 0 Å². The maximum Gasteiger partial charge on any atom is 0.227 e. The van der Waals surface area contributed by atoms with E-state index in [9.17, 15) is 9.59 Å². The lowest BCUT2D eigenvalue weighted by Crippen LogP contribution is -2.51. The second-order valence-electron chi connectivity index (χ2n) is 5.23. The highest BCUT2D eigenvalue weighted by Gasteiger charge is 2.23. The van der Waals surface area contributed by atoms with Crippen LogP contribution in [0.1, 0.15) is 12.0 Å². The van der Waals surface area contributed by atoms with Crippen molar-refractivity contribution in [1.29, 1.82) is 0 Å². The van der Waals surface area contributed by atoms with Crippen molar-refractivity contribution in [3.05, 3.63) is 29.8 Å². The van der Waals surface area contributed by atoms with E-state index in [-0.39, 0.29) is 11.8 Å². The zero-order valence-electron chi connectivity index (χ0n) is 12.8. The first-order valence-electron chi connectivity index (χ1n) is 7.38. The number of rotatable bonds is 5. The van der Waals surface area contributed by atoms with Gasteiger partial charge in [0.2, 0.25) is 11.8 Å². The third-order valence-electron chi connectivity index (χ3n) is 3.81. The summed E-state index contributed by atoms with van der Waals surface area (Å²) in [4.78, 5) is 27.6. The number of halogens is 1. The number of carbonyl (C=O) groups excluding carboxylic acids is 2. The van der Waals surface area contributed by atoms with E-state index in [4.69, 9.17) is 16.3 Å². The van der Waals surface area contributed by atoms with Gasteiger partial charge in [0.1, 0.15) is 5.75 Å². The van der Waals surface area contributed by atoms with Gasteiger partial charge in [0.05, 0.1) is 13.5 Å². The van der Waals surface area contributed by atoms with Crippen LogP contribution in [0.2, 0.25) is 0 Å². The number of hydrogen-bond acceptors (Lipinski definition) is 3. The van der Waals surface area contributed by atoms with Crippen LogP contribution in [-0.4, -0.2) is 60.8 Å². The Morgan fingerprint density at radius 3 is 2.09 bits per heavy atom. The Kier molecular flexibility index (Phi) is 6.07. The lowest BCUT2D eigenvalue weighted by molar-refractivity contribution is -0.138. The second-order valence-corrected chi connectivity index (χ2v) is 5.60. The largest absolute Gasteiger partial charge is 0.497 e. The van der Waals surface area contributed by atoms with Crippen LogP contribution in [-0.2, 0) is 16.0 Å². The van der Waals surface area contributed by atoms with Crippen LogP contribution in [0.25, 0.3) is 0 Å². The highest BCUT2D eigenvalue weighted by Crippen LogP contribution is 2.13. The summed E-state index contributed by atoms with van der Waals surface area (Å²) in [6, 6.07) is 7.50. The van der Waals surface area contributed by atoms with Gasteiger partial charge in [-0.05, 0) is 17.7 Å². The van der Waals surface area contributed by atoms with Gasteiger partial charge >= 0.3 is 0 Å². The van der Waals surface area contributed by atoms with Gasteiger partial charge in [-0.15, -0.1) is 11.6 Å². The van der Waals surface area contributed by atoms with Gasteiger partial charge in [-0.3, -0.25) is 9.59 Å². The minimum atomic E-state index is 0.0669. The van der Waals surface area contributed by atoms with E-state index in [1.165, 1.54) is 0 Å². The molecule has 1 aromatic rings. The van der Waals surface area contributed by atoms with Gasteiger partial charge in [-0.25, -0.2) is 0 Å². The van der Waals surface area contributed by atoms with E-state index in [1.807, 2.05) is 29.2 Å². The molecular formula is C16H21ClN2O3. The predicted molar refractivity (Wildman–Crippen MR) is 85.2 cm³/mol. The summed E-state index contributed by atoms with van der Waals surface area (Å²) in [5.41, 5.74) is 0.964. The van der Waals surface area contributed by atoms with Crippen molar-refractivity contribution in [1.82, 2.24) is 9.80 Å². The molecule has 0 radical (unpaired) electrons. The number of piperazine rings is 1. The molecule has 0 spiro atoms. The molecule has 0 bridgehead atoms. The Balaban J connectivity index is 1.83. The predicted octanol–water partition coefficient (Wildman–Crippen LogP) is 1.54. The Bertz CT molecular complexity index is 511. The number of ether oxygens (including phenoxy) is 1. The Labute approximate surface area is 135 Å². The van der Waals surface area contributed by atoms with E-state index in [2.05, 4.69) is 0 Å². The molecule has 1 aliphatic rings. The SMILES string of the molecule is COc1ccc(CC(=O)N2CCN(C(=O)CCCl)CC2)cc1. The number of alkyl halides is 1. The molecule has 1 heterocycles. The number of amides is 2. The van der Waals surface area contributed by atoms with Crippen LogP contribution in [0.15, 0.2) is 24.3 Å². The van der Waals surface area contributed by atoms with E-state index in [1.54, 1.807) is 12.0 Å². The molecule has 0 saturated carbocycles. The van der Waals surface area contributed by atoms with Crippen molar-refractivity contribution in [3.63, 3.8) is 0 Å². The first-order valence-corrected chi connectivity index (χ1v) is 7.92. The number of benzene rings is 1. The van der Waals surface area contributed by atoms with Gasteiger partial charge < -0.3 is 14.5 Å². The minimum Gasteiger partial charge on any atom is -0.497 e. The molecule has 0 aromatic heterocycles. The highest BCUT2D eigenvalue weighted by atomic mass is 35.5. The number of nitrogens with zero attached hydrogens (tertiary/aromatic N) is 2. The number of carbonyl (C=O) groups is 2. The van der Waals surface area contributed by atoms with Crippen molar-refractivity contribution in [2.75, 3.05) is 39.2 Å². The number of hydrogen-bond donors (Lipinski definition) is 0. The summed E-state index contributed by atoms with van der Waals surface area (Å²) in [5, 5.41) is 0.